The average molecular weight is 1070 g/mol. The van der Waals surface area contributed by atoms with Gasteiger partial charge in [-0.1, -0.05) is 219 Å². The Balaban J connectivity index is 1.50. The van der Waals surface area contributed by atoms with Gasteiger partial charge in [0, 0.05) is 17.4 Å². The maximum Gasteiger partial charge on any atom is 0.319 e. The van der Waals surface area contributed by atoms with Gasteiger partial charge in [-0.05, 0) is 36.6 Å². The standard InChI is InChI=1S/C58H101N2O9PS2/c1-6-8-10-12-14-16-18-20-22-24-26-28-30-32-34-36-43-66-55-46-53(54(59(62)63)47-56(55)67-44-37-35-33-31-29-27-25-23-21-19-17-15-13-11-9-7-2)57(61)58-71-48-51(49-72-58)50-38-40-52(41-39-50)69-70(64,65)68-45-42-60(3,4)5/h38-41,46-47,51,57-58,61H,6-37,42-45,48-49H2,1-5H3. The van der Waals surface area contributed by atoms with E-state index in [1.54, 1.807) is 41.7 Å². The number of rotatable bonds is 46. The Hall–Kier alpha value is -1.99. The second-order valence-electron chi connectivity index (χ2n) is 21.5. The molecule has 0 amide bonds. The third-order valence-corrected chi connectivity index (χ3v) is 18.0. The van der Waals surface area contributed by atoms with Gasteiger partial charge in [-0.3, -0.25) is 14.7 Å². The number of unbranched alkanes of at least 4 members (excludes halogenated alkanes) is 30. The Labute approximate surface area is 447 Å². The van der Waals surface area contributed by atoms with Crippen LogP contribution in [0.5, 0.6) is 17.2 Å². The van der Waals surface area contributed by atoms with E-state index in [0.717, 1.165) is 44.1 Å². The van der Waals surface area contributed by atoms with Crippen molar-refractivity contribution in [3.05, 3.63) is 57.6 Å². The number of likely N-dealkylation sites (N-methyl/N-ethyl adjacent to an activating group) is 1. The molecule has 2 unspecified atom stereocenters. The van der Waals surface area contributed by atoms with Gasteiger partial charge in [0.2, 0.25) is 0 Å². The van der Waals surface area contributed by atoms with Crippen molar-refractivity contribution in [2.45, 2.75) is 236 Å². The van der Waals surface area contributed by atoms with Gasteiger partial charge in [0.1, 0.15) is 25.0 Å². The lowest BCUT2D eigenvalue weighted by Crippen LogP contribution is -2.37. The van der Waals surface area contributed by atoms with E-state index in [9.17, 15) is 24.7 Å². The Morgan fingerprint density at radius 2 is 0.986 bits per heavy atom. The van der Waals surface area contributed by atoms with E-state index in [-0.39, 0.29) is 34.1 Å². The van der Waals surface area contributed by atoms with Crippen LogP contribution in [0.15, 0.2) is 36.4 Å². The topological polar surface area (TPSA) is 140 Å². The summed E-state index contributed by atoms with van der Waals surface area (Å²) in [5.41, 5.74) is 1.10. The highest BCUT2D eigenvalue weighted by atomic mass is 32.2. The zero-order chi connectivity index (χ0) is 52.1. The van der Waals surface area contributed by atoms with Crippen LogP contribution in [-0.2, 0) is 9.09 Å². The molecule has 2 aromatic carbocycles. The Kier molecular flexibility index (Phi) is 35.2. The quantitative estimate of drug-likeness (QED) is 0.0223. The molecule has 0 aliphatic carbocycles. The summed E-state index contributed by atoms with van der Waals surface area (Å²) in [6.07, 6.45) is 40.1. The van der Waals surface area contributed by atoms with Crippen LogP contribution >= 0.6 is 31.3 Å². The van der Waals surface area contributed by atoms with Crippen molar-refractivity contribution in [1.82, 2.24) is 0 Å². The predicted molar refractivity (Wildman–Crippen MR) is 303 cm³/mol. The lowest BCUT2D eigenvalue weighted by Gasteiger charge is -2.31. The lowest BCUT2D eigenvalue weighted by molar-refractivity contribution is -0.870. The number of quaternary nitrogens is 1. The molecule has 72 heavy (non-hydrogen) atoms. The molecule has 0 spiro atoms. The van der Waals surface area contributed by atoms with Crippen molar-refractivity contribution >= 4 is 37.0 Å². The molecule has 1 aliphatic heterocycles. The Morgan fingerprint density at radius 1 is 0.611 bits per heavy atom. The molecule has 14 heteroatoms. The second kappa shape index (κ2) is 39.4. The number of nitro groups is 1. The minimum Gasteiger partial charge on any atom is -0.746 e. The van der Waals surface area contributed by atoms with Gasteiger partial charge in [0.15, 0.2) is 11.5 Å². The first-order valence-corrected chi connectivity index (χ1v) is 32.4. The van der Waals surface area contributed by atoms with E-state index in [4.69, 9.17) is 18.5 Å². The zero-order valence-electron chi connectivity index (χ0n) is 45.9. The van der Waals surface area contributed by atoms with E-state index in [0.29, 0.717) is 47.2 Å². The largest absolute Gasteiger partial charge is 0.746 e. The highest BCUT2D eigenvalue weighted by molar-refractivity contribution is 8.17. The van der Waals surface area contributed by atoms with Crippen molar-refractivity contribution in [2.75, 3.05) is 59.0 Å². The monoisotopic (exact) mass is 1060 g/mol. The van der Waals surface area contributed by atoms with Gasteiger partial charge < -0.3 is 33.0 Å². The number of ether oxygens (including phenoxy) is 2. The van der Waals surface area contributed by atoms with Crippen molar-refractivity contribution in [3.63, 3.8) is 0 Å². The molecule has 1 saturated heterocycles. The van der Waals surface area contributed by atoms with Crippen molar-refractivity contribution in [3.8, 4) is 17.2 Å². The Morgan fingerprint density at radius 3 is 1.36 bits per heavy atom. The second-order valence-corrected chi connectivity index (χ2v) is 25.5. The van der Waals surface area contributed by atoms with Crippen molar-refractivity contribution < 1.29 is 42.5 Å². The highest BCUT2D eigenvalue weighted by Crippen LogP contribution is 2.48. The van der Waals surface area contributed by atoms with Gasteiger partial charge >= 0.3 is 7.82 Å². The van der Waals surface area contributed by atoms with Gasteiger partial charge in [-0.2, -0.15) is 0 Å². The normalized spacial score (nSPS) is 16.4. The maximum absolute atomic E-state index is 12.6. The van der Waals surface area contributed by atoms with E-state index in [1.807, 2.05) is 33.3 Å². The summed E-state index contributed by atoms with van der Waals surface area (Å²) in [5, 5.41) is 24.4. The van der Waals surface area contributed by atoms with Crippen LogP contribution in [0.4, 0.5) is 5.69 Å². The molecule has 0 bridgehead atoms. The summed E-state index contributed by atoms with van der Waals surface area (Å²) in [6.45, 7) is 6.03. The van der Waals surface area contributed by atoms with Crippen LogP contribution in [0.3, 0.4) is 0 Å². The number of aliphatic hydroxyl groups excluding tert-OH is 1. The fourth-order valence-electron chi connectivity index (χ4n) is 9.27. The summed E-state index contributed by atoms with van der Waals surface area (Å²) < 4.78 is 35.6. The fourth-order valence-corrected chi connectivity index (χ4v) is 13.1. The number of hydrogen-bond donors (Lipinski definition) is 1. The molecule has 2 aromatic rings. The maximum atomic E-state index is 12.6. The summed E-state index contributed by atoms with van der Waals surface area (Å²) in [4.78, 5) is 24.6. The predicted octanol–water partition coefficient (Wildman–Crippen LogP) is 17.1. The molecule has 11 nitrogen and oxygen atoms in total. The molecule has 1 heterocycles. The number of nitrogens with zero attached hydrogens (tertiary/aromatic N) is 2. The van der Waals surface area contributed by atoms with Gasteiger partial charge in [0.25, 0.3) is 5.69 Å². The first-order chi connectivity index (χ1) is 34.8. The van der Waals surface area contributed by atoms with Crippen LogP contribution in [0, 0.1) is 10.1 Å². The van der Waals surface area contributed by atoms with E-state index in [1.165, 1.54) is 173 Å². The third-order valence-electron chi connectivity index (χ3n) is 13.9. The van der Waals surface area contributed by atoms with Crippen LogP contribution < -0.4 is 18.9 Å². The summed E-state index contributed by atoms with van der Waals surface area (Å²) in [5.74, 6) is 2.51. The number of benzene rings is 2. The molecular weight excluding hydrogens is 964 g/mol. The van der Waals surface area contributed by atoms with Gasteiger partial charge in [0.05, 0.1) is 55.5 Å². The number of phosphoric acid groups is 1. The van der Waals surface area contributed by atoms with Gasteiger partial charge in [-0.25, -0.2) is 0 Å². The molecule has 1 aliphatic rings. The molecule has 1 fully saturated rings. The average Bonchev–Trinajstić information content (AvgIpc) is 3.35. The molecule has 0 aromatic heterocycles. The molecular formula is C58H101N2O9PS2. The smallest absolute Gasteiger partial charge is 0.319 e. The fraction of sp³-hybridized carbons (Fsp3) is 0.793. The Bertz CT molecular complexity index is 1720. The van der Waals surface area contributed by atoms with Crippen molar-refractivity contribution in [2.24, 2.45) is 0 Å². The molecule has 414 valence electrons. The van der Waals surface area contributed by atoms with Crippen LogP contribution in [0.2, 0.25) is 0 Å². The third kappa shape index (κ3) is 29.9. The van der Waals surface area contributed by atoms with Crippen molar-refractivity contribution in [1.29, 1.82) is 0 Å². The lowest BCUT2D eigenvalue weighted by atomic mass is 10.0. The molecule has 1 N–H and O–H groups in total. The van der Waals surface area contributed by atoms with Crippen LogP contribution in [0.25, 0.3) is 0 Å². The first-order valence-electron chi connectivity index (χ1n) is 28.9. The number of phosphoric ester groups is 1. The number of hydrogen-bond acceptors (Lipinski definition) is 11. The zero-order valence-corrected chi connectivity index (χ0v) is 48.5. The first kappa shape index (κ1) is 64.3. The molecule has 0 saturated carbocycles. The van der Waals surface area contributed by atoms with Crippen LogP contribution in [0.1, 0.15) is 242 Å². The minimum atomic E-state index is -4.52. The van der Waals surface area contributed by atoms with E-state index < -0.39 is 18.8 Å². The highest BCUT2D eigenvalue weighted by Gasteiger charge is 2.34. The van der Waals surface area contributed by atoms with Crippen LogP contribution in [-0.4, -0.2) is 78.1 Å². The SMILES string of the molecule is CCCCCCCCCCCCCCCCCCOc1cc(C(O)C2SCC(c3ccc(OP(=O)([O-])OCC[N+](C)(C)C)cc3)CS2)c([N+](=O)[O-])cc1OCCCCCCCCCCCCCCCCCC. The number of aliphatic hydroxyl groups is 1. The number of nitro benzene ring substituents is 1. The summed E-state index contributed by atoms with van der Waals surface area (Å²) in [7, 11) is 1.35. The minimum absolute atomic E-state index is 0.0283. The number of thioether (sulfide) groups is 2. The molecule has 2 atom stereocenters. The molecule has 3 rings (SSSR count). The molecule has 0 radical (unpaired) electrons. The van der Waals surface area contributed by atoms with E-state index >= 15 is 0 Å². The summed E-state index contributed by atoms with van der Waals surface area (Å²) >= 11 is 3.14. The summed E-state index contributed by atoms with van der Waals surface area (Å²) in [6, 6.07) is 10.1. The van der Waals surface area contributed by atoms with E-state index in [2.05, 4.69) is 13.8 Å². The van der Waals surface area contributed by atoms with Gasteiger partial charge in [-0.15, -0.1) is 23.5 Å².